The number of aromatic nitrogens is 2. The number of hydrogen-bond donors (Lipinski definition) is 2. The highest BCUT2D eigenvalue weighted by Gasteiger charge is 2.02. The maximum Gasteiger partial charge on any atom is 0.191 e. The van der Waals surface area contributed by atoms with Crippen LogP contribution in [-0.2, 0) is 11.2 Å². The van der Waals surface area contributed by atoms with E-state index < -0.39 is 0 Å². The summed E-state index contributed by atoms with van der Waals surface area (Å²) in [5.41, 5.74) is 2.26. The number of rotatable bonds is 8. The monoisotopic (exact) mass is 315 g/mol. The van der Waals surface area contributed by atoms with Gasteiger partial charge in [0.25, 0.3) is 0 Å². The lowest BCUT2D eigenvalue weighted by Gasteiger charge is -2.11. The van der Waals surface area contributed by atoms with Crippen molar-refractivity contribution in [3.8, 4) is 5.69 Å². The van der Waals surface area contributed by atoms with Crippen molar-refractivity contribution in [2.24, 2.45) is 4.99 Å². The molecule has 0 fully saturated rings. The van der Waals surface area contributed by atoms with Gasteiger partial charge in [-0.1, -0.05) is 18.2 Å². The van der Waals surface area contributed by atoms with Gasteiger partial charge in [0.2, 0.25) is 0 Å². The first-order chi connectivity index (χ1) is 11.3. The quantitative estimate of drug-likeness (QED) is 0.441. The molecule has 0 aliphatic heterocycles. The molecular weight excluding hydrogens is 290 g/mol. The van der Waals surface area contributed by atoms with E-state index in [2.05, 4.69) is 26.9 Å². The minimum Gasteiger partial charge on any atom is -0.380 e. The molecule has 0 bridgehead atoms. The summed E-state index contributed by atoms with van der Waals surface area (Å²) in [5, 5.41) is 10.9. The smallest absolute Gasteiger partial charge is 0.191 e. The molecular formula is C17H25N5O. The maximum absolute atomic E-state index is 5.29. The van der Waals surface area contributed by atoms with Gasteiger partial charge in [-0.15, -0.1) is 0 Å². The van der Waals surface area contributed by atoms with E-state index in [4.69, 9.17) is 4.74 Å². The van der Waals surface area contributed by atoms with E-state index in [0.29, 0.717) is 6.61 Å². The summed E-state index contributed by atoms with van der Waals surface area (Å²) in [6.07, 6.45) is 4.85. The van der Waals surface area contributed by atoms with Crippen molar-refractivity contribution in [1.82, 2.24) is 20.4 Å². The number of nitrogens with one attached hydrogen (secondary N) is 2. The van der Waals surface area contributed by atoms with Gasteiger partial charge in [-0.25, -0.2) is 4.68 Å². The minimum atomic E-state index is 0.682. The molecule has 0 aliphatic carbocycles. The van der Waals surface area contributed by atoms with Crippen LogP contribution in [0.3, 0.4) is 0 Å². The summed E-state index contributed by atoms with van der Waals surface area (Å²) in [5.74, 6) is 0.792. The lowest BCUT2D eigenvalue weighted by atomic mass is 10.2. The molecule has 2 aromatic rings. The van der Waals surface area contributed by atoms with Gasteiger partial charge in [0.05, 0.1) is 18.5 Å². The van der Waals surface area contributed by atoms with Gasteiger partial charge in [-0.3, -0.25) is 4.99 Å². The second kappa shape index (κ2) is 9.63. The van der Waals surface area contributed by atoms with Crippen LogP contribution in [0.4, 0.5) is 0 Å². The highest BCUT2D eigenvalue weighted by molar-refractivity contribution is 5.79. The zero-order valence-electron chi connectivity index (χ0n) is 13.8. The first-order valence-corrected chi connectivity index (χ1v) is 7.94. The summed E-state index contributed by atoms with van der Waals surface area (Å²) in [6, 6.07) is 10.1. The number of ether oxygens (including phenoxy) is 1. The Kier molecular flexibility index (Phi) is 7.13. The maximum atomic E-state index is 5.29. The molecule has 1 aromatic heterocycles. The molecule has 2 N–H and O–H groups in total. The van der Waals surface area contributed by atoms with Crippen molar-refractivity contribution in [3.63, 3.8) is 0 Å². The SMILES string of the molecule is CCOCCNC(=NC)NCCc1cnn(-c2ccccc2)c1. The molecule has 0 aliphatic rings. The van der Waals surface area contributed by atoms with Crippen molar-refractivity contribution >= 4 is 5.96 Å². The van der Waals surface area contributed by atoms with Crippen LogP contribution in [0.1, 0.15) is 12.5 Å². The van der Waals surface area contributed by atoms with Crippen molar-refractivity contribution in [1.29, 1.82) is 0 Å². The van der Waals surface area contributed by atoms with Crippen molar-refractivity contribution in [3.05, 3.63) is 48.3 Å². The Bertz CT molecular complexity index is 594. The van der Waals surface area contributed by atoms with Gasteiger partial charge in [0, 0.05) is 32.9 Å². The molecule has 1 aromatic carbocycles. The number of para-hydroxylation sites is 1. The van der Waals surface area contributed by atoms with Gasteiger partial charge in [0.15, 0.2) is 5.96 Å². The van der Waals surface area contributed by atoms with E-state index in [-0.39, 0.29) is 0 Å². The van der Waals surface area contributed by atoms with Crippen LogP contribution >= 0.6 is 0 Å². The molecule has 6 nitrogen and oxygen atoms in total. The summed E-state index contributed by atoms with van der Waals surface area (Å²) >= 11 is 0. The second-order valence-corrected chi connectivity index (χ2v) is 5.00. The molecule has 0 unspecified atom stereocenters. The fourth-order valence-electron chi connectivity index (χ4n) is 2.14. The van der Waals surface area contributed by atoms with Crippen molar-refractivity contribution in [2.45, 2.75) is 13.3 Å². The number of hydrogen-bond acceptors (Lipinski definition) is 3. The summed E-state index contributed by atoms with van der Waals surface area (Å²) < 4.78 is 7.18. The zero-order chi connectivity index (χ0) is 16.3. The van der Waals surface area contributed by atoms with Gasteiger partial charge in [-0.05, 0) is 31.0 Å². The molecule has 0 saturated carbocycles. The number of nitrogens with zero attached hydrogens (tertiary/aromatic N) is 3. The summed E-state index contributed by atoms with van der Waals surface area (Å²) in [6.45, 7) is 4.96. The van der Waals surface area contributed by atoms with Crippen LogP contribution in [0.25, 0.3) is 5.69 Å². The number of benzene rings is 1. The Hall–Kier alpha value is -2.34. The zero-order valence-corrected chi connectivity index (χ0v) is 13.8. The van der Waals surface area contributed by atoms with Crippen LogP contribution in [0.2, 0.25) is 0 Å². The molecule has 0 radical (unpaired) electrons. The highest BCUT2D eigenvalue weighted by Crippen LogP contribution is 2.07. The number of aliphatic imine (C=N–C) groups is 1. The highest BCUT2D eigenvalue weighted by atomic mass is 16.5. The lowest BCUT2D eigenvalue weighted by Crippen LogP contribution is -2.39. The van der Waals surface area contributed by atoms with E-state index in [0.717, 1.165) is 37.8 Å². The van der Waals surface area contributed by atoms with E-state index >= 15 is 0 Å². The Morgan fingerprint density at radius 1 is 1.22 bits per heavy atom. The second-order valence-electron chi connectivity index (χ2n) is 5.00. The van der Waals surface area contributed by atoms with Crippen LogP contribution in [0.5, 0.6) is 0 Å². The third-order valence-electron chi connectivity index (χ3n) is 3.33. The normalized spacial score (nSPS) is 11.5. The molecule has 0 saturated heterocycles. The van der Waals surface area contributed by atoms with Crippen LogP contribution in [-0.4, -0.2) is 49.1 Å². The number of guanidine groups is 1. The lowest BCUT2D eigenvalue weighted by molar-refractivity contribution is 0.152. The van der Waals surface area contributed by atoms with Crippen molar-refractivity contribution < 1.29 is 4.74 Å². The van der Waals surface area contributed by atoms with E-state index in [1.807, 2.05) is 48.1 Å². The van der Waals surface area contributed by atoms with Crippen LogP contribution in [0.15, 0.2) is 47.7 Å². The Labute approximate surface area is 137 Å². The standard InChI is InChI=1S/C17H25N5O/c1-3-23-12-11-20-17(18-2)19-10-9-15-13-21-22(14-15)16-7-5-4-6-8-16/h4-8,13-14H,3,9-12H2,1-2H3,(H2,18,19,20). The molecule has 0 atom stereocenters. The third-order valence-corrected chi connectivity index (χ3v) is 3.33. The molecule has 6 heteroatoms. The Morgan fingerprint density at radius 3 is 2.74 bits per heavy atom. The Morgan fingerprint density at radius 2 is 2.00 bits per heavy atom. The van der Waals surface area contributed by atoms with E-state index in [9.17, 15) is 0 Å². The van der Waals surface area contributed by atoms with E-state index in [1.54, 1.807) is 7.05 Å². The Balaban J connectivity index is 1.75. The third kappa shape index (κ3) is 5.75. The molecule has 1 heterocycles. The van der Waals surface area contributed by atoms with Gasteiger partial charge in [-0.2, -0.15) is 5.10 Å². The fraction of sp³-hybridized carbons (Fsp3) is 0.412. The molecule has 0 spiro atoms. The average Bonchev–Trinajstić information content (AvgIpc) is 3.07. The fourth-order valence-corrected chi connectivity index (χ4v) is 2.14. The van der Waals surface area contributed by atoms with Crippen molar-refractivity contribution in [2.75, 3.05) is 33.4 Å². The molecule has 2 rings (SSSR count). The first-order valence-electron chi connectivity index (χ1n) is 7.94. The van der Waals surface area contributed by atoms with Gasteiger partial charge in [0.1, 0.15) is 0 Å². The topological polar surface area (TPSA) is 63.5 Å². The molecule has 23 heavy (non-hydrogen) atoms. The average molecular weight is 315 g/mol. The molecule has 124 valence electrons. The van der Waals surface area contributed by atoms with Gasteiger partial charge < -0.3 is 15.4 Å². The largest absolute Gasteiger partial charge is 0.380 e. The first kappa shape index (κ1) is 17.0. The summed E-state index contributed by atoms with van der Waals surface area (Å²) in [7, 11) is 1.77. The van der Waals surface area contributed by atoms with Gasteiger partial charge >= 0.3 is 0 Å². The van der Waals surface area contributed by atoms with Crippen LogP contribution < -0.4 is 10.6 Å². The predicted molar refractivity (Wildman–Crippen MR) is 93.1 cm³/mol. The van der Waals surface area contributed by atoms with Crippen LogP contribution in [0, 0.1) is 0 Å². The minimum absolute atomic E-state index is 0.682. The predicted octanol–water partition coefficient (Wildman–Crippen LogP) is 1.62. The molecule has 0 amide bonds. The van der Waals surface area contributed by atoms with E-state index in [1.165, 1.54) is 5.56 Å². The summed E-state index contributed by atoms with van der Waals surface area (Å²) in [4.78, 5) is 4.19.